The van der Waals surface area contributed by atoms with Crippen LogP contribution >= 0.6 is 0 Å². The summed E-state index contributed by atoms with van der Waals surface area (Å²) in [6, 6.07) is 7.77. The summed E-state index contributed by atoms with van der Waals surface area (Å²) in [6.07, 6.45) is 7.65. The van der Waals surface area contributed by atoms with Gasteiger partial charge in [-0.15, -0.1) is 10.2 Å². The van der Waals surface area contributed by atoms with E-state index in [0.29, 0.717) is 28.3 Å². The molecule has 1 aromatic carbocycles. The molecule has 6 rings (SSSR count). The average molecular weight is 448 g/mol. The molecular formula is C23H21N5O3S. The maximum atomic E-state index is 12.1. The Morgan fingerprint density at radius 3 is 2.66 bits per heavy atom. The van der Waals surface area contributed by atoms with E-state index in [1.807, 2.05) is 30.5 Å². The van der Waals surface area contributed by atoms with E-state index in [2.05, 4.69) is 20.5 Å². The third kappa shape index (κ3) is 3.37. The van der Waals surface area contributed by atoms with Crippen LogP contribution in [0.2, 0.25) is 0 Å². The number of benzene rings is 1. The predicted octanol–water partition coefficient (Wildman–Crippen LogP) is 4.55. The van der Waals surface area contributed by atoms with Gasteiger partial charge in [-0.25, -0.2) is 9.19 Å². The SMILES string of the molecule is Cc1nnc(-c2ccc(NC3CCc4cc(S(=O)O)c5cc(C6CC6)ncc5c43)cn2)o1. The number of pyridine rings is 2. The van der Waals surface area contributed by atoms with E-state index in [0.717, 1.165) is 59.0 Å². The van der Waals surface area contributed by atoms with Crippen molar-refractivity contribution in [2.45, 2.75) is 49.5 Å². The first-order valence-corrected chi connectivity index (χ1v) is 11.8. The van der Waals surface area contributed by atoms with Crippen molar-refractivity contribution < 1.29 is 13.2 Å². The van der Waals surface area contributed by atoms with Crippen LogP contribution in [0.5, 0.6) is 0 Å². The summed E-state index contributed by atoms with van der Waals surface area (Å²) in [5, 5.41) is 13.2. The van der Waals surface area contributed by atoms with Gasteiger partial charge < -0.3 is 14.3 Å². The first-order valence-electron chi connectivity index (χ1n) is 10.7. The number of nitrogens with one attached hydrogen (secondary N) is 1. The molecule has 9 heteroatoms. The number of nitrogens with zero attached hydrogens (tertiary/aromatic N) is 4. The van der Waals surface area contributed by atoms with E-state index >= 15 is 0 Å². The van der Waals surface area contributed by atoms with Gasteiger partial charge in [0.1, 0.15) is 5.69 Å². The Balaban J connectivity index is 1.35. The van der Waals surface area contributed by atoms with E-state index in [9.17, 15) is 8.76 Å². The molecule has 4 aromatic rings. The minimum Gasteiger partial charge on any atom is -0.420 e. The summed E-state index contributed by atoms with van der Waals surface area (Å²) >= 11 is -2.04. The largest absolute Gasteiger partial charge is 0.420 e. The Morgan fingerprint density at radius 1 is 1.09 bits per heavy atom. The zero-order chi connectivity index (χ0) is 21.8. The topological polar surface area (TPSA) is 114 Å². The number of hydrogen-bond donors (Lipinski definition) is 2. The summed E-state index contributed by atoms with van der Waals surface area (Å²) < 4.78 is 27.5. The van der Waals surface area contributed by atoms with Crippen LogP contribution in [-0.2, 0) is 17.5 Å². The Labute approximate surface area is 186 Å². The van der Waals surface area contributed by atoms with Crippen molar-refractivity contribution in [3.63, 3.8) is 0 Å². The molecule has 0 amide bonds. The van der Waals surface area contributed by atoms with Crippen LogP contribution in [0.4, 0.5) is 5.69 Å². The first kappa shape index (κ1) is 19.5. The fraction of sp³-hybridized carbons (Fsp3) is 0.304. The molecule has 0 bridgehead atoms. The lowest BCUT2D eigenvalue weighted by Crippen LogP contribution is -2.09. The lowest BCUT2D eigenvalue weighted by atomic mass is 9.99. The third-order valence-electron chi connectivity index (χ3n) is 6.22. The summed E-state index contributed by atoms with van der Waals surface area (Å²) in [5.74, 6) is 1.38. The molecule has 8 nitrogen and oxygen atoms in total. The number of hydrogen-bond acceptors (Lipinski definition) is 7. The Hall–Kier alpha value is -3.17. The van der Waals surface area contributed by atoms with Crippen LogP contribution in [-0.4, -0.2) is 28.9 Å². The molecular weight excluding hydrogens is 426 g/mol. The molecule has 3 heterocycles. The maximum absolute atomic E-state index is 12.1. The second-order valence-electron chi connectivity index (χ2n) is 8.42. The zero-order valence-electron chi connectivity index (χ0n) is 17.4. The van der Waals surface area contributed by atoms with Gasteiger partial charge in [0.2, 0.25) is 5.89 Å². The van der Waals surface area contributed by atoms with Crippen molar-refractivity contribution >= 4 is 27.5 Å². The standard InChI is InChI=1S/C23H21N5O3S/c1-12-27-28-23(31-12)19-7-5-15(10-24-19)26-18-6-4-14-8-21(32(29)30)16-9-20(13-2-3-13)25-11-17(16)22(14)18/h5,7-11,13,18,26H,2-4,6H2,1H3,(H,29,30). The molecule has 2 N–H and O–H groups in total. The van der Waals surface area contributed by atoms with Crippen LogP contribution in [0.1, 0.15) is 53.9 Å². The molecule has 0 saturated heterocycles. The Bertz CT molecular complexity index is 1360. The summed E-state index contributed by atoms with van der Waals surface area (Å²) in [7, 11) is 0. The molecule has 0 aliphatic heterocycles. The minimum absolute atomic E-state index is 0.0700. The molecule has 0 radical (unpaired) electrons. The van der Waals surface area contributed by atoms with Gasteiger partial charge in [-0.1, -0.05) is 0 Å². The molecule has 0 spiro atoms. The predicted molar refractivity (Wildman–Crippen MR) is 120 cm³/mol. The molecule has 2 unspecified atom stereocenters. The fourth-order valence-electron chi connectivity index (χ4n) is 4.54. The molecule has 162 valence electrons. The highest BCUT2D eigenvalue weighted by molar-refractivity contribution is 7.79. The summed E-state index contributed by atoms with van der Waals surface area (Å²) in [6.45, 7) is 1.74. The summed E-state index contributed by atoms with van der Waals surface area (Å²) in [5.41, 5.74) is 4.77. The van der Waals surface area contributed by atoms with Crippen LogP contribution in [0.3, 0.4) is 0 Å². The van der Waals surface area contributed by atoms with Gasteiger partial charge in [0.25, 0.3) is 5.89 Å². The van der Waals surface area contributed by atoms with Crippen LogP contribution < -0.4 is 5.32 Å². The smallest absolute Gasteiger partial charge is 0.266 e. The molecule has 1 fully saturated rings. The van der Waals surface area contributed by atoms with E-state index in [1.165, 1.54) is 0 Å². The van der Waals surface area contributed by atoms with Crippen molar-refractivity contribution in [2.24, 2.45) is 0 Å². The lowest BCUT2D eigenvalue weighted by Gasteiger charge is -2.18. The maximum Gasteiger partial charge on any atom is 0.266 e. The number of rotatable bonds is 5. The minimum atomic E-state index is -2.04. The van der Waals surface area contributed by atoms with Crippen molar-refractivity contribution in [1.29, 1.82) is 0 Å². The quantitative estimate of drug-likeness (QED) is 0.429. The molecule has 2 aliphatic rings. The van der Waals surface area contributed by atoms with Gasteiger partial charge in [0, 0.05) is 35.5 Å². The van der Waals surface area contributed by atoms with Gasteiger partial charge >= 0.3 is 0 Å². The van der Waals surface area contributed by atoms with Crippen molar-refractivity contribution in [3.05, 3.63) is 59.4 Å². The van der Waals surface area contributed by atoms with E-state index in [1.54, 1.807) is 13.1 Å². The lowest BCUT2D eigenvalue weighted by molar-refractivity contribution is 0.531. The number of fused-ring (bicyclic) bond motifs is 3. The second-order valence-corrected chi connectivity index (χ2v) is 9.36. The zero-order valence-corrected chi connectivity index (χ0v) is 18.2. The first-order chi connectivity index (χ1) is 15.6. The number of aromatic nitrogens is 4. The second kappa shape index (κ2) is 7.46. The van der Waals surface area contributed by atoms with Crippen LogP contribution in [0.15, 0.2) is 46.0 Å². The van der Waals surface area contributed by atoms with Crippen molar-refractivity contribution in [1.82, 2.24) is 20.2 Å². The highest BCUT2D eigenvalue weighted by atomic mass is 32.2. The molecule has 1 saturated carbocycles. The monoisotopic (exact) mass is 447 g/mol. The highest BCUT2D eigenvalue weighted by Gasteiger charge is 2.30. The van der Waals surface area contributed by atoms with Gasteiger partial charge in [-0.2, -0.15) is 0 Å². The Morgan fingerprint density at radius 2 is 1.97 bits per heavy atom. The average Bonchev–Trinajstić information content (AvgIpc) is 3.44. The van der Waals surface area contributed by atoms with Crippen molar-refractivity contribution in [3.8, 4) is 11.6 Å². The van der Waals surface area contributed by atoms with Gasteiger partial charge in [-0.3, -0.25) is 4.98 Å². The number of anilines is 1. The van der Waals surface area contributed by atoms with Crippen LogP contribution in [0.25, 0.3) is 22.4 Å². The van der Waals surface area contributed by atoms with Crippen LogP contribution in [0, 0.1) is 6.92 Å². The molecule has 3 aromatic heterocycles. The van der Waals surface area contributed by atoms with Crippen molar-refractivity contribution in [2.75, 3.05) is 5.32 Å². The molecule has 32 heavy (non-hydrogen) atoms. The molecule has 2 atom stereocenters. The fourth-order valence-corrected chi connectivity index (χ4v) is 5.14. The normalized spacial score (nSPS) is 18.6. The van der Waals surface area contributed by atoms with Gasteiger partial charge in [0.05, 0.1) is 22.8 Å². The van der Waals surface area contributed by atoms with Gasteiger partial charge in [-0.05, 0) is 61.1 Å². The van der Waals surface area contributed by atoms with Gasteiger partial charge in [0.15, 0.2) is 11.1 Å². The number of aryl methyl sites for hydroxylation is 2. The van der Waals surface area contributed by atoms with E-state index in [-0.39, 0.29) is 6.04 Å². The third-order valence-corrected chi connectivity index (χ3v) is 6.93. The summed E-state index contributed by atoms with van der Waals surface area (Å²) in [4.78, 5) is 9.62. The highest BCUT2D eigenvalue weighted by Crippen LogP contribution is 2.44. The van der Waals surface area contributed by atoms with E-state index < -0.39 is 11.1 Å². The Kier molecular flexibility index (Phi) is 4.55. The molecule has 2 aliphatic carbocycles. The van der Waals surface area contributed by atoms with E-state index in [4.69, 9.17) is 9.40 Å².